The van der Waals surface area contributed by atoms with Crippen molar-refractivity contribution in [2.24, 2.45) is 0 Å². The van der Waals surface area contributed by atoms with E-state index in [1.54, 1.807) is 25.3 Å². The van der Waals surface area contributed by atoms with Gasteiger partial charge in [-0.2, -0.15) is 0 Å². The Bertz CT molecular complexity index is 418. The lowest BCUT2D eigenvalue weighted by molar-refractivity contribution is -0.143. The lowest BCUT2D eigenvalue weighted by atomic mass is 10.0. The van der Waals surface area contributed by atoms with Crippen molar-refractivity contribution in [3.05, 3.63) is 24.2 Å². The molecule has 1 amide bonds. The highest BCUT2D eigenvalue weighted by Gasteiger charge is 2.33. The highest BCUT2D eigenvalue weighted by molar-refractivity contribution is 5.81. The van der Waals surface area contributed by atoms with E-state index in [0.29, 0.717) is 18.8 Å². The molecule has 1 N–H and O–H groups in total. The molecule has 0 saturated carbocycles. The Labute approximate surface area is 119 Å². The zero-order chi connectivity index (χ0) is 14.5. The molecule has 3 unspecified atom stereocenters. The van der Waals surface area contributed by atoms with Crippen molar-refractivity contribution in [1.82, 2.24) is 4.90 Å². The molecule has 1 aromatic rings. The normalized spacial score (nSPS) is 21.9. The monoisotopic (exact) mass is 281 g/mol. The molecule has 5 heteroatoms. The maximum absolute atomic E-state index is 12.3. The summed E-state index contributed by atoms with van der Waals surface area (Å²) >= 11 is 0. The Balaban J connectivity index is 1.95. The van der Waals surface area contributed by atoms with Gasteiger partial charge in [-0.05, 0) is 38.8 Å². The minimum Gasteiger partial charge on any atom is -0.467 e. The van der Waals surface area contributed by atoms with Crippen LogP contribution in [-0.4, -0.2) is 41.2 Å². The quantitative estimate of drug-likeness (QED) is 0.867. The predicted molar refractivity (Wildman–Crippen MR) is 74.1 cm³/mol. The van der Waals surface area contributed by atoms with Gasteiger partial charge in [0, 0.05) is 25.6 Å². The molecule has 5 nitrogen and oxygen atoms in total. The number of ether oxygens (including phenoxy) is 1. The zero-order valence-corrected chi connectivity index (χ0v) is 12.1. The van der Waals surface area contributed by atoms with Crippen LogP contribution in [0.5, 0.6) is 0 Å². The second-order valence-corrected chi connectivity index (χ2v) is 5.19. The van der Waals surface area contributed by atoms with Gasteiger partial charge in [-0.25, -0.2) is 0 Å². The molecule has 0 radical (unpaired) electrons. The van der Waals surface area contributed by atoms with Gasteiger partial charge in [-0.3, -0.25) is 4.79 Å². The summed E-state index contributed by atoms with van der Waals surface area (Å²) in [6.07, 6.45) is 2.88. The highest BCUT2D eigenvalue weighted by atomic mass is 16.5. The van der Waals surface area contributed by atoms with E-state index in [0.717, 1.165) is 19.4 Å². The number of nitrogens with zero attached hydrogens (tertiary/aromatic N) is 1. The van der Waals surface area contributed by atoms with Crippen LogP contribution < -0.4 is 0 Å². The van der Waals surface area contributed by atoms with Gasteiger partial charge < -0.3 is 19.2 Å². The van der Waals surface area contributed by atoms with E-state index >= 15 is 0 Å². The summed E-state index contributed by atoms with van der Waals surface area (Å²) in [7, 11) is 0. The number of hydrogen-bond donors (Lipinski definition) is 1. The topological polar surface area (TPSA) is 62.9 Å². The number of carbonyl (C=O) groups is 1. The Morgan fingerprint density at radius 1 is 1.65 bits per heavy atom. The third-order valence-corrected chi connectivity index (χ3v) is 3.79. The van der Waals surface area contributed by atoms with E-state index in [1.807, 2.05) is 11.8 Å². The van der Waals surface area contributed by atoms with Gasteiger partial charge in [0.15, 0.2) is 0 Å². The van der Waals surface area contributed by atoms with Gasteiger partial charge in [0.1, 0.15) is 18.0 Å². The van der Waals surface area contributed by atoms with Crippen LogP contribution in [-0.2, 0) is 9.53 Å². The third kappa shape index (κ3) is 3.41. The molecule has 1 fully saturated rings. The van der Waals surface area contributed by atoms with Crippen molar-refractivity contribution < 1.29 is 19.1 Å². The molecule has 0 aliphatic carbocycles. The highest BCUT2D eigenvalue weighted by Crippen LogP contribution is 2.28. The Hall–Kier alpha value is -1.33. The fourth-order valence-electron chi connectivity index (χ4n) is 2.78. The second-order valence-electron chi connectivity index (χ2n) is 5.19. The summed E-state index contributed by atoms with van der Waals surface area (Å²) in [5.41, 5.74) is 0. The SMILES string of the molecule is CCOC(C)C(=O)N1CCCC1CC(O)c1ccco1. The summed E-state index contributed by atoms with van der Waals surface area (Å²) in [5.74, 6) is 0.572. The number of rotatable bonds is 6. The molecule has 1 aliphatic heterocycles. The van der Waals surface area contributed by atoms with Crippen molar-refractivity contribution in [2.45, 2.75) is 51.4 Å². The van der Waals surface area contributed by atoms with E-state index in [1.165, 1.54) is 0 Å². The number of likely N-dealkylation sites (tertiary alicyclic amines) is 1. The summed E-state index contributed by atoms with van der Waals surface area (Å²) in [4.78, 5) is 14.1. The van der Waals surface area contributed by atoms with Crippen LogP contribution in [0, 0.1) is 0 Å². The number of amides is 1. The molecular formula is C15H23NO4. The van der Waals surface area contributed by atoms with Crippen molar-refractivity contribution >= 4 is 5.91 Å². The molecule has 2 heterocycles. The first kappa shape index (κ1) is 15.1. The van der Waals surface area contributed by atoms with Crippen LogP contribution >= 0.6 is 0 Å². The standard InChI is InChI=1S/C15H23NO4/c1-3-19-11(2)15(18)16-8-4-6-12(16)10-13(17)14-7-5-9-20-14/h5,7,9,11-13,17H,3-4,6,8,10H2,1-2H3. The lowest BCUT2D eigenvalue weighted by Crippen LogP contribution is -2.42. The molecule has 0 spiro atoms. The summed E-state index contributed by atoms with van der Waals surface area (Å²) < 4.78 is 10.6. The molecule has 3 atom stereocenters. The molecule has 0 bridgehead atoms. The first-order valence-corrected chi connectivity index (χ1v) is 7.27. The van der Waals surface area contributed by atoms with E-state index in [4.69, 9.17) is 9.15 Å². The molecule has 1 aliphatic rings. The second kappa shape index (κ2) is 6.90. The Kier molecular flexibility index (Phi) is 5.20. The van der Waals surface area contributed by atoms with Crippen molar-refractivity contribution in [1.29, 1.82) is 0 Å². The van der Waals surface area contributed by atoms with Crippen molar-refractivity contribution in [2.75, 3.05) is 13.2 Å². The maximum Gasteiger partial charge on any atom is 0.251 e. The smallest absolute Gasteiger partial charge is 0.251 e. The predicted octanol–water partition coefficient (Wildman–Crippen LogP) is 2.12. The first-order chi connectivity index (χ1) is 9.63. The van der Waals surface area contributed by atoms with Gasteiger partial charge in [0.05, 0.1) is 6.26 Å². The van der Waals surface area contributed by atoms with Crippen LogP contribution in [0.25, 0.3) is 0 Å². The average molecular weight is 281 g/mol. The number of furan rings is 1. The van der Waals surface area contributed by atoms with Crippen molar-refractivity contribution in [3.63, 3.8) is 0 Å². The number of aliphatic hydroxyl groups excluding tert-OH is 1. The molecule has 0 aromatic carbocycles. The summed E-state index contributed by atoms with van der Waals surface area (Å²) in [5, 5.41) is 10.1. The van der Waals surface area contributed by atoms with E-state index in [2.05, 4.69) is 0 Å². The van der Waals surface area contributed by atoms with Crippen LogP contribution in [0.4, 0.5) is 0 Å². The first-order valence-electron chi connectivity index (χ1n) is 7.27. The minimum absolute atomic E-state index is 0.0148. The average Bonchev–Trinajstić information content (AvgIpc) is 3.09. The van der Waals surface area contributed by atoms with Crippen LogP contribution in [0.3, 0.4) is 0 Å². The molecule has 2 rings (SSSR count). The molecule has 112 valence electrons. The van der Waals surface area contributed by atoms with E-state index < -0.39 is 12.2 Å². The van der Waals surface area contributed by atoms with Crippen molar-refractivity contribution in [3.8, 4) is 0 Å². The fourth-order valence-corrected chi connectivity index (χ4v) is 2.78. The van der Waals surface area contributed by atoms with Crippen LogP contribution in [0.1, 0.15) is 45.0 Å². The van der Waals surface area contributed by atoms with E-state index in [9.17, 15) is 9.90 Å². The Morgan fingerprint density at radius 2 is 2.45 bits per heavy atom. The lowest BCUT2D eigenvalue weighted by Gasteiger charge is -2.28. The fraction of sp³-hybridized carbons (Fsp3) is 0.667. The van der Waals surface area contributed by atoms with Crippen LogP contribution in [0.15, 0.2) is 22.8 Å². The van der Waals surface area contributed by atoms with E-state index in [-0.39, 0.29) is 11.9 Å². The third-order valence-electron chi connectivity index (χ3n) is 3.79. The summed E-state index contributed by atoms with van der Waals surface area (Å²) in [6.45, 7) is 4.93. The van der Waals surface area contributed by atoms with Gasteiger partial charge in [0.2, 0.25) is 0 Å². The molecule has 1 aromatic heterocycles. The van der Waals surface area contributed by atoms with Gasteiger partial charge >= 0.3 is 0 Å². The Morgan fingerprint density at radius 3 is 3.10 bits per heavy atom. The zero-order valence-electron chi connectivity index (χ0n) is 12.1. The van der Waals surface area contributed by atoms with Gasteiger partial charge in [-0.15, -0.1) is 0 Å². The summed E-state index contributed by atoms with van der Waals surface area (Å²) in [6, 6.07) is 3.58. The number of hydrogen-bond acceptors (Lipinski definition) is 4. The largest absolute Gasteiger partial charge is 0.467 e. The maximum atomic E-state index is 12.3. The number of aliphatic hydroxyl groups is 1. The molecular weight excluding hydrogens is 258 g/mol. The van der Waals surface area contributed by atoms with Gasteiger partial charge in [0.25, 0.3) is 5.91 Å². The minimum atomic E-state index is -0.661. The molecule has 20 heavy (non-hydrogen) atoms. The van der Waals surface area contributed by atoms with Crippen LogP contribution in [0.2, 0.25) is 0 Å². The molecule has 1 saturated heterocycles. The number of carbonyl (C=O) groups excluding carboxylic acids is 1. The van der Waals surface area contributed by atoms with Gasteiger partial charge in [-0.1, -0.05) is 0 Å².